The fourth-order valence-corrected chi connectivity index (χ4v) is 8.14. The summed E-state index contributed by atoms with van der Waals surface area (Å²) in [7, 11) is -0.490. The first kappa shape index (κ1) is 31.8. The van der Waals surface area contributed by atoms with Crippen molar-refractivity contribution >= 4 is 56.2 Å². The summed E-state index contributed by atoms with van der Waals surface area (Å²) < 4.78 is 18.0. The second kappa shape index (κ2) is 11.8. The van der Waals surface area contributed by atoms with E-state index in [4.69, 9.17) is 9.31 Å². The highest BCUT2D eigenvalue weighted by Gasteiger charge is 2.52. The van der Waals surface area contributed by atoms with E-state index in [9.17, 15) is 0 Å². The lowest BCUT2D eigenvalue weighted by molar-refractivity contribution is 0.00578. The Morgan fingerprint density at radius 3 is 1.47 bits per heavy atom. The highest BCUT2D eigenvalue weighted by molar-refractivity contribution is 6.63. The minimum atomic E-state index is -0.490. The Balaban J connectivity index is 1.19. The van der Waals surface area contributed by atoms with Crippen LogP contribution >= 0.6 is 0 Å². The van der Waals surface area contributed by atoms with E-state index in [0.29, 0.717) is 0 Å². The van der Waals surface area contributed by atoms with Gasteiger partial charge in [-0.1, -0.05) is 103 Å². The van der Waals surface area contributed by atoms with E-state index in [1.165, 1.54) is 54.8 Å². The van der Waals surface area contributed by atoms with E-state index in [1.807, 2.05) is 0 Å². The minimum absolute atomic E-state index is 0.445. The van der Waals surface area contributed by atoms with Gasteiger partial charge in [0.05, 0.1) is 33.3 Å². The van der Waals surface area contributed by atoms with E-state index >= 15 is 0 Å². The SMILES string of the molecule is CC1(C)OB(c2ccccc2-n2c3ccc(-c4ccccc4)cc3c3cc(-c4ccc5c(c4)c4ccccc4n5-c4ccccc4)ccc32)OC1(C)C. The van der Waals surface area contributed by atoms with Crippen molar-refractivity contribution in [2.45, 2.75) is 38.9 Å². The molecule has 0 bridgehead atoms. The van der Waals surface area contributed by atoms with Crippen LogP contribution in [0, 0.1) is 0 Å². The van der Waals surface area contributed by atoms with Gasteiger partial charge in [0, 0.05) is 38.4 Å². The summed E-state index contributed by atoms with van der Waals surface area (Å²) in [6, 6.07) is 59.2. The first-order valence-electron chi connectivity index (χ1n) is 18.5. The van der Waals surface area contributed by atoms with Crippen molar-refractivity contribution < 1.29 is 9.31 Å². The molecule has 0 unspecified atom stereocenters. The summed E-state index contributed by atoms with van der Waals surface area (Å²) in [6.07, 6.45) is 0. The van der Waals surface area contributed by atoms with E-state index in [1.54, 1.807) is 0 Å². The molecule has 1 fully saturated rings. The quantitative estimate of drug-likeness (QED) is 0.169. The Labute approximate surface area is 310 Å². The normalized spacial score (nSPS) is 15.3. The maximum atomic E-state index is 6.63. The van der Waals surface area contributed by atoms with Crippen molar-refractivity contribution in [3.8, 4) is 33.6 Å². The van der Waals surface area contributed by atoms with Crippen molar-refractivity contribution in [3.05, 3.63) is 164 Å². The second-order valence-electron chi connectivity index (χ2n) is 15.2. The molecule has 7 aromatic carbocycles. The summed E-state index contributed by atoms with van der Waals surface area (Å²) in [4.78, 5) is 0. The van der Waals surface area contributed by atoms with Crippen molar-refractivity contribution in [2.75, 3.05) is 0 Å². The van der Waals surface area contributed by atoms with E-state index in [-0.39, 0.29) is 0 Å². The molecule has 5 heteroatoms. The smallest absolute Gasteiger partial charge is 0.399 e. The molecule has 256 valence electrons. The Morgan fingerprint density at radius 1 is 0.396 bits per heavy atom. The first-order chi connectivity index (χ1) is 25.8. The lowest BCUT2D eigenvalue weighted by atomic mass is 9.77. The number of aromatic nitrogens is 2. The highest BCUT2D eigenvalue weighted by Crippen LogP contribution is 2.41. The van der Waals surface area contributed by atoms with Gasteiger partial charge in [0.2, 0.25) is 0 Å². The third kappa shape index (κ3) is 4.99. The van der Waals surface area contributed by atoms with Crippen LogP contribution in [0.3, 0.4) is 0 Å². The van der Waals surface area contributed by atoms with Gasteiger partial charge >= 0.3 is 7.12 Å². The summed E-state index contributed by atoms with van der Waals surface area (Å²) in [5, 5.41) is 4.89. The topological polar surface area (TPSA) is 28.3 Å². The lowest BCUT2D eigenvalue weighted by Crippen LogP contribution is -2.41. The van der Waals surface area contributed by atoms with Gasteiger partial charge in [0.15, 0.2) is 0 Å². The molecule has 0 N–H and O–H groups in total. The summed E-state index contributed by atoms with van der Waals surface area (Å²) in [5.41, 5.74) is 11.8. The van der Waals surface area contributed by atoms with Crippen molar-refractivity contribution in [1.29, 1.82) is 0 Å². The molecular formula is C48H39BN2O2. The second-order valence-corrected chi connectivity index (χ2v) is 15.2. The predicted octanol–water partition coefficient (Wildman–Crippen LogP) is 11.5. The molecule has 0 amide bonds. The number of para-hydroxylation sites is 3. The van der Waals surface area contributed by atoms with Gasteiger partial charge in [-0.3, -0.25) is 0 Å². The molecule has 1 aliphatic heterocycles. The number of hydrogen-bond acceptors (Lipinski definition) is 2. The molecule has 9 aromatic rings. The van der Waals surface area contributed by atoms with Crippen molar-refractivity contribution in [3.63, 3.8) is 0 Å². The Bertz CT molecular complexity index is 2830. The summed E-state index contributed by atoms with van der Waals surface area (Å²) >= 11 is 0. The molecule has 1 saturated heterocycles. The monoisotopic (exact) mass is 686 g/mol. The summed E-state index contributed by atoms with van der Waals surface area (Å²) in [5.74, 6) is 0. The largest absolute Gasteiger partial charge is 0.496 e. The van der Waals surface area contributed by atoms with Gasteiger partial charge < -0.3 is 18.4 Å². The van der Waals surface area contributed by atoms with Crippen LogP contribution in [0.15, 0.2) is 164 Å². The molecule has 53 heavy (non-hydrogen) atoms. The number of rotatable bonds is 5. The average Bonchev–Trinajstić information content (AvgIpc) is 3.77. The van der Waals surface area contributed by atoms with E-state index in [0.717, 1.165) is 27.9 Å². The molecule has 0 aliphatic carbocycles. The van der Waals surface area contributed by atoms with Crippen LogP contribution < -0.4 is 5.46 Å². The first-order valence-corrected chi connectivity index (χ1v) is 18.5. The molecule has 0 atom stereocenters. The van der Waals surface area contributed by atoms with Gasteiger partial charge in [-0.2, -0.15) is 0 Å². The molecule has 2 aromatic heterocycles. The Hall–Kier alpha value is -5.88. The van der Waals surface area contributed by atoms with Crippen LogP contribution in [0.25, 0.3) is 77.2 Å². The average molecular weight is 687 g/mol. The van der Waals surface area contributed by atoms with Crippen molar-refractivity contribution in [2.24, 2.45) is 0 Å². The predicted molar refractivity (Wildman–Crippen MR) is 222 cm³/mol. The number of benzene rings is 7. The van der Waals surface area contributed by atoms with Crippen LogP contribution in [0.5, 0.6) is 0 Å². The standard InChI is InChI=1S/C48H39BN2O2/c1-47(2)48(3,4)53-49(52-47)41-20-12-14-22-46(41)51-44-27-23-33(32-15-7-5-8-16-32)29-39(44)40-31-35(25-28-45(40)51)34-24-26-43-38(30-34)37-19-11-13-21-42(37)50(43)36-17-9-6-10-18-36/h5-31H,1-4H3. The number of hydrogen-bond donors (Lipinski definition) is 0. The van der Waals surface area contributed by atoms with E-state index in [2.05, 4.69) is 201 Å². The fraction of sp³-hybridized carbons (Fsp3) is 0.125. The van der Waals surface area contributed by atoms with Gasteiger partial charge in [0.25, 0.3) is 0 Å². The summed E-state index contributed by atoms with van der Waals surface area (Å²) in [6.45, 7) is 8.44. The molecule has 0 radical (unpaired) electrons. The number of fused-ring (bicyclic) bond motifs is 6. The molecule has 0 spiro atoms. The van der Waals surface area contributed by atoms with Crippen molar-refractivity contribution in [1.82, 2.24) is 9.13 Å². The molecule has 3 heterocycles. The van der Waals surface area contributed by atoms with Gasteiger partial charge in [-0.05, 0) is 111 Å². The lowest BCUT2D eigenvalue weighted by Gasteiger charge is -2.32. The molecule has 10 rings (SSSR count). The zero-order valence-electron chi connectivity index (χ0n) is 30.4. The molecule has 0 saturated carbocycles. The van der Waals surface area contributed by atoms with Gasteiger partial charge in [-0.15, -0.1) is 0 Å². The van der Waals surface area contributed by atoms with E-state index < -0.39 is 18.3 Å². The zero-order chi connectivity index (χ0) is 35.9. The minimum Gasteiger partial charge on any atom is -0.399 e. The van der Waals surface area contributed by atoms with Gasteiger partial charge in [0.1, 0.15) is 0 Å². The number of nitrogens with zero attached hydrogens (tertiary/aromatic N) is 2. The third-order valence-electron chi connectivity index (χ3n) is 11.6. The van der Waals surface area contributed by atoms with Gasteiger partial charge in [-0.25, -0.2) is 0 Å². The molecule has 4 nitrogen and oxygen atoms in total. The Kier molecular flexibility index (Phi) is 7.10. The van der Waals surface area contributed by atoms with Crippen LogP contribution in [0.4, 0.5) is 0 Å². The third-order valence-corrected chi connectivity index (χ3v) is 11.6. The molecule has 1 aliphatic rings. The zero-order valence-corrected chi connectivity index (χ0v) is 30.4. The fourth-order valence-electron chi connectivity index (χ4n) is 8.14. The van der Waals surface area contributed by atoms with Crippen LogP contribution in [-0.4, -0.2) is 27.5 Å². The van der Waals surface area contributed by atoms with Crippen LogP contribution in [0.2, 0.25) is 0 Å². The highest BCUT2D eigenvalue weighted by atomic mass is 16.7. The Morgan fingerprint density at radius 2 is 0.849 bits per heavy atom. The van der Waals surface area contributed by atoms with Crippen LogP contribution in [0.1, 0.15) is 27.7 Å². The molecular weight excluding hydrogens is 647 g/mol. The van der Waals surface area contributed by atoms with Crippen LogP contribution in [-0.2, 0) is 9.31 Å². The maximum absolute atomic E-state index is 6.63. The maximum Gasteiger partial charge on any atom is 0.496 e.